The van der Waals surface area contributed by atoms with Crippen molar-refractivity contribution in [3.8, 4) is 0 Å². The van der Waals surface area contributed by atoms with Crippen molar-refractivity contribution in [3.63, 3.8) is 0 Å². The number of nitrogens with one attached hydrogen (secondary N) is 1. The number of aromatic nitrogens is 3. The van der Waals surface area contributed by atoms with Crippen LogP contribution < -0.4 is 5.73 Å². The summed E-state index contributed by atoms with van der Waals surface area (Å²) in [7, 11) is 0. The summed E-state index contributed by atoms with van der Waals surface area (Å²) >= 11 is 0. The van der Waals surface area contributed by atoms with Crippen molar-refractivity contribution in [3.05, 3.63) is 47.7 Å². The summed E-state index contributed by atoms with van der Waals surface area (Å²) < 4.78 is 10.7. The molecular formula is C16H18N4O2. The van der Waals surface area contributed by atoms with E-state index in [1.165, 1.54) is 5.39 Å². The molecule has 0 saturated carbocycles. The molecule has 1 aromatic carbocycles. The van der Waals surface area contributed by atoms with Crippen molar-refractivity contribution in [2.24, 2.45) is 5.73 Å². The minimum absolute atomic E-state index is 0.234. The molecule has 1 unspecified atom stereocenters. The van der Waals surface area contributed by atoms with E-state index in [1.54, 1.807) is 0 Å². The number of H-pyrrole nitrogens is 1. The third-order valence-electron chi connectivity index (χ3n) is 4.18. The van der Waals surface area contributed by atoms with Crippen LogP contribution >= 0.6 is 0 Å². The number of para-hydroxylation sites is 1. The molecule has 0 amide bonds. The van der Waals surface area contributed by atoms with Gasteiger partial charge in [0.05, 0.1) is 12.6 Å². The third kappa shape index (κ3) is 2.40. The molecule has 4 rings (SSSR count). The maximum Gasteiger partial charge on any atom is 0.243 e. The summed E-state index contributed by atoms with van der Waals surface area (Å²) in [5.74, 6) is 1.44. The van der Waals surface area contributed by atoms with Gasteiger partial charge in [0, 0.05) is 29.6 Å². The lowest BCUT2D eigenvalue weighted by molar-refractivity contribution is 0.192. The molecule has 3 aromatic rings. The highest BCUT2D eigenvalue weighted by atomic mass is 16.5. The highest BCUT2D eigenvalue weighted by molar-refractivity contribution is 5.83. The van der Waals surface area contributed by atoms with E-state index in [0.29, 0.717) is 24.7 Å². The monoisotopic (exact) mass is 298 g/mol. The summed E-state index contributed by atoms with van der Waals surface area (Å²) in [4.78, 5) is 7.72. The van der Waals surface area contributed by atoms with E-state index in [1.807, 2.05) is 18.3 Å². The van der Waals surface area contributed by atoms with E-state index in [-0.39, 0.29) is 12.0 Å². The lowest BCUT2D eigenvalue weighted by Gasteiger charge is -2.05. The predicted octanol–water partition coefficient (Wildman–Crippen LogP) is 2.30. The molecule has 3 heterocycles. The lowest BCUT2D eigenvalue weighted by atomic mass is 10.1. The normalized spacial score (nSPS) is 19.8. The molecule has 6 nitrogen and oxygen atoms in total. The third-order valence-corrected chi connectivity index (χ3v) is 4.18. The SMILES string of the molecule is N[C@@H](Cc1c[nH]c2ccccc12)c1nc(C2CCOC2)no1. The van der Waals surface area contributed by atoms with Gasteiger partial charge in [0.1, 0.15) is 0 Å². The fourth-order valence-corrected chi connectivity index (χ4v) is 2.93. The Morgan fingerprint density at radius 2 is 2.27 bits per heavy atom. The first-order chi connectivity index (χ1) is 10.8. The van der Waals surface area contributed by atoms with E-state index in [9.17, 15) is 0 Å². The zero-order valence-electron chi connectivity index (χ0n) is 12.2. The van der Waals surface area contributed by atoms with Crippen LogP contribution in [0.3, 0.4) is 0 Å². The number of nitrogens with two attached hydrogens (primary N) is 1. The van der Waals surface area contributed by atoms with Gasteiger partial charge in [0.15, 0.2) is 5.82 Å². The average Bonchev–Trinajstić information content (AvgIpc) is 3.28. The van der Waals surface area contributed by atoms with Gasteiger partial charge in [-0.3, -0.25) is 0 Å². The quantitative estimate of drug-likeness (QED) is 0.771. The molecule has 1 saturated heterocycles. The Hall–Kier alpha value is -2.18. The number of nitrogens with zero attached hydrogens (tertiary/aromatic N) is 2. The molecule has 22 heavy (non-hydrogen) atoms. The second-order valence-corrected chi connectivity index (χ2v) is 5.72. The fourth-order valence-electron chi connectivity index (χ4n) is 2.93. The van der Waals surface area contributed by atoms with Gasteiger partial charge in [0.2, 0.25) is 5.89 Å². The molecule has 0 bridgehead atoms. The minimum Gasteiger partial charge on any atom is -0.381 e. The molecule has 0 aliphatic carbocycles. The first-order valence-electron chi connectivity index (χ1n) is 7.53. The summed E-state index contributed by atoms with van der Waals surface area (Å²) in [5, 5.41) is 5.24. The first-order valence-corrected chi connectivity index (χ1v) is 7.53. The molecule has 1 fully saturated rings. The second-order valence-electron chi connectivity index (χ2n) is 5.72. The topological polar surface area (TPSA) is 90.0 Å². The number of ether oxygens (including phenoxy) is 1. The zero-order chi connectivity index (χ0) is 14.9. The first kappa shape index (κ1) is 13.5. The largest absolute Gasteiger partial charge is 0.381 e. The van der Waals surface area contributed by atoms with Gasteiger partial charge in [-0.25, -0.2) is 0 Å². The van der Waals surface area contributed by atoms with E-state index < -0.39 is 0 Å². The van der Waals surface area contributed by atoms with Gasteiger partial charge in [-0.1, -0.05) is 23.4 Å². The highest BCUT2D eigenvalue weighted by Crippen LogP contribution is 2.26. The smallest absolute Gasteiger partial charge is 0.243 e. The summed E-state index contributed by atoms with van der Waals surface area (Å²) in [6.07, 6.45) is 3.59. The number of hydrogen-bond acceptors (Lipinski definition) is 5. The van der Waals surface area contributed by atoms with E-state index in [4.69, 9.17) is 15.0 Å². The maximum atomic E-state index is 6.25. The van der Waals surface area contributed by atoms with Crippen LogP contribution in [0, 0.1) is 0 Å². The van der Waals surface area contributed by atoms with E-state index >= 15 is 0 Å². The minimum atomic E-state index is -0.303. The number of benzene rings is 1. The Morgan fingerprint density at radius 1 is 1.36 bits per heavy atom. The maximum absolute atomic E-state index is 6.25. The molecule has 2 aromatic heterocycles. The number of rotatable bonds is 4. The molecule has 3 N–H and O–H groups in total. The van der Waals surface area contributed by atoms with Gasteiger partial charge in [-0.05, 0) is 24.5 Å². The van der Waals surface area contributed by atoms with E-state index in [2.05, 4.69) is 27.3 Å². The molecular weight excluding hydrogens is 280 g/mol. The number of hydrogen-bond donors (Lipinski definition) is 2. The van der Waals surface area contributed by atoms with Gasteiger partial charge < -0.3 is 20.0 Å². The van der Waals surface area contributed by atoms with Crippen LogP contribution in [0.5, 0.6) is 0 Å². The second kappa shape index (κ2) is 5.55. The number of aromatic amines is 1. The van der Waals surface area contributed by atoms with Crippen molar-refractivity contribution in [2.75, 3.05) is 13.2 Å². The summed E-state index contributed by atoms with van der Waals surface area (Å²) in [5.41, 5.74) is 8.52. The van der Waals surface area contributed by atoms with Crippen molar-refractivity contribution in [1.82, 2.24) is 15.1 Å². The van der Waals surface area contributed by atoms with Crippen molar-refractivity contribution in [2.45, 2.75) is 24.8 Å². The van der Waals surface area contributed by atoms with Gasteiger partial charge in [0.25, 0.3) is 0 Å². The van der Waals surface area contributed by atoms with Crippen LogP contribution in [0.1, 0.15) is 35.7 Å². The Kier molecular flexibility index (Phi) is 3.40. The molecule has 6 heteroatoms. The van der Waals surface area contributed by atoms with Crippen LogP contribution in [0.4, 0.5) is 0 Å². The molecule has 0 spiro atoms. The summed E-state index contributed by atoms with van der Waals surface area (Å²) in [6.45, 7) is 1.42. The van der Waals surface area contributed by atoms with E-state index in [0.717, 1.165) is 24.1 Å². The Bertz CT molecular complexity index is 773. The highest BCUT2D eigenvalue weighted by Gasteiger charge is 2.25. The van der Waals surface area contributed by atoms with Crippen LogP contribution in [0.15, 0.2) is 35.0 Å². The summed E-state index contributed by atoms with van der Waals surface area (Å²) in [6, 6.07) is 7.87. The predicted molar refractivity (Wildman–Crippen MR) is 81.4 cm³/mol. The molecule has 0 radical (unpaired) electrons. The lowest BCUT2D eigenvalue weighted by Crippen LogP contribution is -2.14. The Morgan fingerprint density at radius 3 is 3.14 bits per heavy atom. The van der Waals surface area contributed by atoms with Crippen molar-refractivity contribution in [1.29, 1.82) is 0 Å². The molecule has 2 atom stereocenters. The Balaban J connectivity index is 1.53. The van der Waals surface area contributed by atoms with Crippen molar-refractivity contribution < 1.29 is 9.26 Å². The van der Waals surface area contributed by atoms with Gasteiger partial charge in [-0.15, -0.1) is 0 Å². The molecule has 1 aliphatic rings. The van der Waals surface area contributed by atoms with Crippen LogP contribution in [0.25, 0.3) is 10.9 Å². The van der Waals surface area contributed by atoms with Crippen LogP contribution in [-0.4, -0.2) is 28.3 Å². The molecule has 114 valence electrons. The average molecular weight is 298 g/mol. The zero-order valence-corrected chi connectivity index (χ0v) is 12.2. The molecule has 1 aliphatic heterocycles. The van der Waals surface area contributed by atoms with Crippen LogP contribution in [0.2, 0.25) is 0 Å². The van der Waals surface area contributed by atoms with Gasteiger partial charge in [-0.2, -0.15) is 4.98 Å². The Labute approximate surface area is 127 Å². The van der Waals surface area contributed by atoms with Crippen LogP contribution in [-0.2, 0) is 11.2 Å². The standard InChI is InChI=1S/C16H18N4O2/c17-13(7-11-8-18-14-4-2-1-3-12(11)14)16-19-15(20-22-16)10-5-6-21-9-10/h1-4,8,10,13,18H,5-7,9,17H2/t10?,13-/m0/s1. The van der Waals surface area contributed by atoms with Crippen molar-refractivity contribution >= 4 is 10.9 Å². The fraction of sp³-hybridized carbons (Fsp3) is 0.375. The number of fused-ring (bicyclic) bond motifs is 1. The van der Waals surface area contributed by atoms with Gasteiger partial charge >= 0.3 is 0 Å².